The van der Waals surface area contributed by atoms with Crippen LogP contribution < -0.4 is 5.69 Å². The monoisotopic (exact) mass is 464 g/mol. The average Bonchev–Trinajstić information content (AvgIpc) is 3.19. The van der Waals surface area contributed by atoms with E-state index >= 15 is 0 Å². The molecule has 2 heterocycles. The summed E-state index contributed by atoms with van der Waals surface area (Å²) >= 11 is 0. The zero-order valence-electron chi connectivity index (χ0n) is 19.8. The Bertz CT molecular complexity index is 1110. The van der Waals surface area contributed by atoms with E-state index in [0.29, 0.717) is 26.2 Å². The SMILES string of the molecule is CC(=O)N(OCc1ccccc1)C1CCN(CCn2nnn(Cc3ccccc3)c2=O)CC1C. The van der Waals surface area contributed by atoms with Gasteiger partial charge in [0.1, 0.15) is 6.61 Å². The second kappa shape index (κ2) is 11.2. The van der Waals surface area contributed by atoms with Gasteiger partial charge in [-0.25, -0.2) is 9.86 Å². The van der Waals surface area contributed by atoms with Crippen LogP contribution in [0.2, 0.25) is 0 Å². The molecule has 1 amide bonds. The minimum Gasteiger partial charge on any atom is -0.301 e. The van der Waals surface area contributed by atoms with Gasteiger partial charge in [-0.2, -0.15) is 9.36 Å². The van der Waals surface area contributed by atoms with Gasteiger partial charge in [0.25, 0.3) is 0 Å². The molecule has 1 saturated heterocycles. The number of piperidine rings is 1. The Balaban J connectivity index is 1.29. The first-order valence-corrected chi connectivity index (χ1v) is 11.7. The highest BCUT2D eigenvalue weighted by Gasteiger charge is 2.33. The normalized spacial score (nSPS) is 18.6. The van der Waals surface area contributed by atoms with E-state index < -0.39 is 0 Å². The topological polar surface area (TPSA) is 85.5 Å². The third-order valence-corrected chi connectivity index (χ3v) is 6.27. The van der Waals surface area contributed by atoms with E-state index in [2.05, 4.69) is 22.3 Å². The Kier molecular flexibility index (Phi) is 7.87. The summed E-state index contributed by atoms with van der Waals surface area (Å²) in [4.78, 5) is 33.2. The maximum Gasteiger partial charge on any atom is 0.364 e. The number of carbonyl (C=O) groups excluding carboxylic acids is 1. The number of carbonyl (C=O) groups is 1. The molecule has 4 rings (SSSR count). The van der Waals surface area contributed by atoms with E-state index in [0.717, 1.165) is 30.6 Å². The molecule has 34 heavy (non-hydrogen) atoms. The van der Waals surface area contributed by atoms with Crippen molar-refractivity contribution in [3.63, 3.8) is 0 Å². The van der Waals surface area contributed by atoms with Crippen LogP contribution in [0.15, 0.2) is 65.5 Å². The number of aromatic nitrogens is 4. The molecular formula is C25H32N6O3. The number of rotatable bonds is 9. The third kappa shape index (κ3) is 5.98. The van der Waals surface area contributed by atoms with E-state index in [1.165, 1.54) is 9.36 Å². The molecule has 1 aliphatic rings. The number of benzene rings is 2. The summed E-state index contributed by atoms with van der Waals surface area (Å²) in [6.45, 7) is 7.28. The van der Waals surface area contributed by atoms with Crippen molar-refractivity contribution in [2.75, 3.05) is 19.6 Å². The van der Waals surface area contributed by atoms with Crippen molar-refractivity contribution < 1.29 is 9.63 Å². The van der Waals surface area contributed by atoms with Crippen molar-refractivity contribution in [3.05, 3.63) is 82.3 Å². The fourth-order valence-corrected chi connectivity index (χ4v) is 4.45. The van der Waals surface area contributed by atoms with E-state index in [1.807, 2.05) is 60.7 Å². The van der Waals surface area contributed by atoms with Crippen LogP contribution in [0.1, 0.15) is 31.4 Å². The maximum atomic E-state index is 12.6. The third-order valence-electron chi connectivity index (χ3n) is 6.27. The summed E-state index contributed by atoms with van der Waals surface area (Å²) in [6.07, 6.45) is 0.811. The van der Waals surface area contributed by atoms with Gasteiger partial charge >= 0.3 is 5.69 Å². The van der Waals surface area contributed by atoms with Crippen LogP contribution in [0.3, 0.4) is 0 Å². The first kappa shape index (κ1) is 23.8. The molecule has 0 saturated carbocycles. The first-order chi connectivity index (χ1) is 16.5. The molecule has 3 aromatic rings. The predicted octanol–water partition coefficient (Wildman–Crippen LogP) is 2.18. The van der Waals surface area contributed by atoms with Crippen LogP contribution in [-0.4, -0.2) is 61.3 Å². The molecule has 1 fully saturated rings. The fourth-order valence-electron chi connectivity index (χ4n) is 4.45. The number of nitrogens with zero attached hydrogens (tertiary/aromatic N) is 6. The Morgan fingerprint density at radius 3 is 2.29 bits per heavy atom. The van der Waals surface area contributed by atoms with Gasteiger partial charge in [0.2, 0.25) is 5.91 Å². The van der Waals surface area contributed by atoms with Crippen molar-refractivity contribution in [2.45, 2.75) is 46.0 Å². The zero-order chi connectivity index (χ0) is 23.9. The molecule has 0 N–H and O–H groups in total. The van der Waals surface area contributed by atoms with E-state index in [1.54, 1.807) is 12.0 Å². The summed E-state index contributed by atoms with van der Waals surface area (Å²) in [7, 11) is 0. The second-order valence-corrected chi connectivity index (χ2v) is 8.87. The quantitative estimate of drug-likeness (QED) is 0.451. The summed E-state index contributed by atoms with van der Waals surface area (Å²) in [5.41, 5.74) is 1.84. The van der Waals surface area contributed by atoms with Gasteiger partial charge in [0.15, 0.2) is 0 Å². The van der Waals surface area contributed by atoms with Gasteiger partial charge in [0.05, 0.1) is 19.1 Å². The van der Waals surface area contributed by atoms with Crippen LogP contribution >= 0.6 is 0 Å². The summed E-state index contributed by atoms with van der Waals surface area (Å²) < 4.78 is 2.81. The van der Waals surface area contributed by atoms with Gasteiger partial charge in [-0.15, -0.1) is 0 Å². The van der Waals surface area contributed by atoms with E-state index in [-0.39, 0.29) is 23.6 Å². The molecule has 9 nitrogen and oxygen atoms in total. The molecule has 0 aliphatic carbocycles. The van der Waals surface area contributed by atoms with Crippen LogP contribution in [0.25, 0.3) is 0 Å². The highest BCUT2D eigenvalue weighted by molar-refractivity contribution is 5.72. The Morgan fingerprint density at radius 2 is 1.65 bits per heavy atom. The molecule has 2 atom stereocenters. The Morgan fingerprint density at radius 1 is 1.00 bits per heavy atom. The molecule has 0 spiro atoms. The van der Waals surface area contributed by atoms with E-state index in [4.69, 9.17) is 4.84 Å². The molecule has 9 heteroatoms. The van der Waals surface area contributed by atoms with Crippen molar-refractivity contribution in [3.8, 4) is 0 Å². The standard InChI is InChI=1S/C25H32N6O3/c1-20-17-28(14-13-24(20)31(21(2)32)34-19-23-11-7-4-8-12-23)15-16-29-25(33)30(27-26-29)18-22-9-5-3-6-10-22/h3-12,20,24H,13-19H2,1-2H3. The fraction of sp³-hybridized carbons (Fsp3) is 0.440. The Hall–Kier alpha value is -3.30. The van der Waals surface area contributed by atoms with Crippen molar-refractivity contribution in [1.29, 1.82) is 0 Å². The second-order valence-electron chi connectivity index (χ2n) is 8.87. The lowest BCUT2D eigenvalue weighted by molar-refractivity contribution is -0.214. The molecule has 2 unspecified atom stereocenters. The molecular weight excluding hydrogens is 432 g/mol. The number of hydrogen-bond donors (Lipinski definition) is 0. The maximum absolute atomic E-state index is 12.6. The lowest BCUT2D eigenvalue weighted by Gasteiger charge is -2.41. The van der Waals surface area contributed by atoms with Gasteiger partial charge in [-0.3, -0.25) is 9.63 Å². The molecule has 0 bridgehead atoms. The zero-order valence-corrected chi connectivity index (χ0v) is 19.8. The van der Waals surface area contributed by atoms with E-state index in [9.17, 15) is 9.59 Å². The predicted molar refractivity (Wildman–Crippen MR) is 128 cm³/mol. The van der Waals surface area contributed by atoms with Crippen molar-refractivity contribution >= 4 is 5.91 Å². The lowest BCUT2D eigenvalue weighted by atomic mass is 9.93. The summed E-state index contributed by atoms with van der Waals surface area (Å²) in [6, 6.07) is 19.6. The molecule has 0 radical (unpaired) electrons. The van der Waals surface area contributed by atoms with Crippen molar-refractivity contribution in [1.82, 2.24) is 29.8 Å². The van der Waals surface area contributed by atoms with Gasteiger partial charge < -0.3 is 4.90 Å². The van der Waals surface area contributed by atoms with Crippen LogP contribution in [0, 0.1) is 5.92 Å². The molecule has 2 aromatic carbocycles. The number of hydroxylamine groups is 2. The number of amides is 1. The molecule has 1 aliphatic heterocycles. The minimum absolute atomic E-state index is 0.0203. The first-order valence-electron chi connectivity index (χ1n) is 11.7. The van der Waals surface area contributed by atoms with Crippen LogP contribution in [0.4, 0.5) is 0 Å². The molecule has 180 valence electrons. The Labute approximate surface area is 199 Å². The largest absolute Gasteiger partial charge is 0.364 e. The van der Waals surface area contributed by atoms with Gasteiger partial charge in [0, 0.05) is 26.6 Å². The molecule has 1 aromatic heterocycles. The lowest BCUT2D eigenvalue weighted by Crippen LogP contribution is -2.52. The minimum atomic E-state index is -0.205. The van der Waals surface area contributed by atoms with Crippen LogP contribution in [0.5, 0.6) is 0 Å². The number of hydrogen-bond acceptors (Lipinski definition) is 6. The van der Waals surface area contributed by atoms with Gasteiger partial charge in [-0.1, -0.05) is 67.6 Å². The highest BCUT2D eigenvalue weighted by atomic mass is 16.7. The van der Waals surface area contributed by atoms with Crippen molar-refractivity contribution in [2.24, 2.45) is 5.92 Å². The van der Waals surface area contributed by atoms with Gasteiger partial charge in [-0.05, 0) is 33.9 Å². The summed E-state index contributed by atoms with van der Waals surface area (Å²) in [5.74, 6) is 0.154. The smallest absolute Gasteiger partial charge is 0.301 e. The highest BCUT2D eigenvalue weighted by Crippen LogP contribution is 2.23. The average molecular weight is 465 g/mol. The van der Waals surface area contributed by atoms with Crippen LogP contribution in [-0.2, 0) is 29.3 Å². The number of tetrazole rings is 1. The number of likely N-dealkylation sites (tertiary alicyclic amines) is 1. The summed E-state index contributed by atoms with van der Waals surface area (Å²) in [5, 5.41) is 9.63.